The lowest BCUT2D eigenvalue weighted by Crippen LogP contribution is -2.34. The van der Waals surface area contributed by atoms with E-state index in [-0.39, 0.29) is 31.3 Å². The number of allylic oxidation sites excluding steroid dienone is 4. The number of carbonyl (C=O) groups is 3. The summed E-state index contributed by atoms with van der Waals surface area (Å²) >= 11 is 0. The first kappa shape index (κ1) is 18.3. The standard InChI is InChI=1S/C15H21NO3.CH4/c1-8-9(2)14(19)12(10(3)13(8)18)15(4,5)7-11(17)16-6;/h7H2,1-6H3,(H,16,17);1H4. The van der Waals surface area contributed by atoms with Gasteiger partial charge in [0.25, 0.3) is 0 Å². The minimum atomic E-state index is -0.654. The van der Waals surface area contributed by atoms with Crippen molar-refractivity contribution in [1.29, 1.82) is 0 Å². The van der Waals surface area contributed by atoms with Crippen LogP contribution in [0.25, 0.3) is 0 Å². The topological polar surface area (TPSA) is 63.2 Å². The molecule has 0 aliphatic heterocycles. The molecule has 0 aromatic heterocycles. The maximum atomic E-state index is 12.4. The number of carbonyl (C=O) groups excluding carboxylic acids is 3. The minimum Gasteiger partial charge on any atom is -0.359 e. The Hall–Kier alpha value is -1.71. The summed E-state index contributed by atoms with van der Waals surface area (Å²) in [4.78, 5) is 36.1. The van der Waals surface area contributed by atoms with Crippen molar-refractivity contribution in [2.45, 2.75) is 48.5 Å². The monoisotopic (exact) mass is 279 g/mol. The number of hydrogen-bond donors (Lipinski definition) is 1. The van der Waals surface area contributed by atoms with Gasteiger partial charge in [-0.05, 0) is 20.8 Å². The maximum Gasteiger partial charge on any atom is 0.220 e. The lowest BCUT2D eigenvalue weighted by molar-refractivity contribution is -0.122. The molecule has 1 aliphatic carbocycles. The van der Waals surface area contributed by atoms with Gasteiger partial charge >= 0.3 is 0 Å². The molecule has 1 N–H and O–H groups in total. The molecule has 0 aromatic rings. The second-order valence-electron chi connectivity index (χ2n) is 5.64. The van der Waals surface area contributed by atoms with Gasteiger partial charge in [-0.1, -0.05) is 21.3 Å². The molecule has 0 saturated carbocycles. The number of nitrogens with one attached hydrogen (secondary N) is 1. The summed E-state index contributed by atoms with van der Waals surface area (Å²) in [5, 5.41) is 2.55. The number of ketones is 2. The Kier molecular flexibility index (Phi) is 5.63. The molecule has 0 unspecified atom stereocenters. The minimum absolute atomic E-state index is 0. The van der Waals surface area contributed by atoms with Crippen LogP contribution in [-0.4, -0.2) is 24.5 Å². The second-order valence-corrected chi connectivity index (χ2v) is 5.64. The van der Waals surface area contributed by atoms with Crippen molar-refractivity contribution in [2.75, 3.05) is 7.05 Å². The highest BCUT2D eigenvalue weighted by Crippen LogP contribution is 2.38. The van der Waals surface area contributed by atoms with Gasteiger partial charge in [-0.25, -0.2) is 0 Å². The molecule has 0 spiro atoms. The van der Waals surface area contributed by atoms with Gasteiger partial charge < -0.3 is 5.32 Å². The van der Waals surface area contributed by atoms with E-state index < -0.39 is 5.41 Å². The Morgan fingerprint density at radius 2 is 1.45 bits per heavy atom. The van der Waals surface area contributed by atoms with Crippen molar-refractivity contribution in [1.82, 2.24) is 5.32 Å². The predicted molar refractivity (Wildman–Crippen MR) is 80.3 cm³/mol. The highest BCUT2D eigenvalue weighted by atomic mass is 16.2. The van der Waals surface area contributed by atoms with Crippen molar-refractivity contribution in [3.05, 3.63) is 22.3 Å². The zero-order chi connectivity index (χ0) is 15.0. The van der Waals surface area contributed by atoms with E-state index in [4.69, 9.17) is 0 Å². The second kappa shape index (κ2) is 6.16. The molecule has 0 radical (unpaired) electrons. The molecule has 0 saturated heterocycles. The first-order chi connectivity index (χ1) is 8.63. The van der Waals surface area contributed by atoms with Gasteiger partial charge in [-0.15, -0.1) is 0 Å². The van der Waals surface area contributed by atoms with E-state index >= 15 is 0 Å². The molecule has 1 amide bonds. The van der Waals surface area contributed by atoms with Crippen LogP contribution >= 0.6 is 0 Å². The lowest BCUT2D eigenvalue weighted by atomic mass is 9.71. The Morgan fingerprint density at radius 3 is 1.90 bits per heavy atom. The van der Waals surface area contributed by atoms with Gasteiger partial charge in [0.05, 0.1) is 0 Å². The van der Waals surface area contributed by atoms with E-state index in [9.17, 15) is 14.4 Å². The number of hydrogen-bond acceptors (Lipinski definition) is 3. The molecular weight excluding hydrogens is 254 g/mol. The zero-order valence-electron chi connectivity index (χ0n) is 12.4. The van der Waals surface area contributed by atoms with Crippen molar-refractivity contribution in [3.63, 3.8) is 0 Å². The number of Topliss-reactive ketones (excluding diaryl/α,β-unsaturated/α-hetero) is 2. The Bertz CT molecular complexity index is 522. The summed E-state index contributed by atoms with van der Waals surface area (Å²) in [6.07, 6.45) is 0.182. The fraction of sp³-hybridized carbons (Fsp3) is 0.562. The molecule has 0 bridgehead atoms. The molecule has 1 aliphatic rings. The smallest absolute Gasteiger partial charge is 0.220 e. The fourth-order valence-corrected chi connectivity index (χ4v) is 2.49. The molecule has 0 atom stereocenters. The van der Waals surface area contributed by atoms with Crippen LogP contribution in [0.2, 0.25) is 0 Å². The van der Waals surface area contributed by atoms with Crippen molar-refractivity contribution >= 4 is 17.5 Å². The average molecular weight is 279 g/mol. The van der Waals surface area contributed by atoms with Crippen LogP contribution in [0.4, 0.5) is 0 Å². The van der Waals surface area contributed by atoms with Gasteiger partial charge in [0.1, 0.15) is 0 Å². The zero-order valence-corrected chi connectivity index (χ0v) is 12.4. The van der Waals surface area contributed by atoms with Gasteiger partial charge in [-0.3, -0.25) is 14.4 Å². The van der Waals surface area contributed by atoms with E-state index in [1.165, 1.54) is 0 Å². The average Bonchev–Trinajstić information content (AvgIpc) is 2.33. The Morgan fingerprint density at radius 1 is 1.00 bits per heavy atom. The molecule has 0 aromatic carbocycles. The third-order valence-corrected chi connectivity index (χ3v) is 3.74. The van der Waals surface area contributed by atoms with Crippen LogP contribution in [0.1, 0.15) is 48.5 Å². The van der Waals surface area contributed by atoms with Crippen LogP contribution in [0.15, 0.2) is 22.3 Å². The van der Waals surface area contributed by atoms with Crippen LogP contribution in [-0.2, 0) is 14.4 Å². The summed E-state index contributed by atoms with van der Waals surface area (Å²) in [5.41, 5.74) is 1.25. The van der Waals surface area contributed by atoms with Crippen LogP contribution in [0.3, 0.4) is 0 Å². The van der Waals surface area contributed by atoms with Crippen molar-refractivity contribution in [3.8, 4) is 0 Å². The summed E-state index contributed by atoms with van der Waals surface area (Å²) in [6, 6.07) is 0. The summed E-state index contributed by atoms with van der Waals surface area (Å²) < 4.78 is 0. The van der Waals surface area contributed by atoms with Crippen molar-refractivity contribution in [2.24, 2.45) is 5.41 Å². The molecule has 0 fully saturated rings. The maximum absolute atomic E-state index is 12.4. The molecule has 0 heterocycles. The molecule has 4 nitrogen and oxygen atoms in total. The molecule has 20 heavy (non-hydrogen) atoms. The third kappa shape index (κ3) is 3.06. The molecule has 4 heteroatoms. The van der Waals surface area contributed by atoms with E-state index in [1.54, 1.807) is 27.8 Å². The SMILES string of the molecule is C.CNC(=O)CC(C)(C)C1=C(C)C(=O)C(C)=C(C)C1=O. The quantitative estimate of drug-likeness (QED) is 0.808. The van der Waals surface area contributed by atoms with E-state index in [0.29, 0.717) is 22.3 Å². The first-order valence-corrected chi connectivity index (χ1v) is 6.32. The number of amides is 1. The fourth-order valence-electron chi connectivity index (χ4n) is 2.49. The molecular formula is C16H25NO3. The van der Waals surface area contributed by atoms with Crippen molar-refractivity contribution < 1.29 is 14.4 Å². The third-order valence-electron chi connectivity index (χ3n) is 3.74. The first-order valence-electron chi connectivity index (χ1n) is 6.32. The van der Waals surface area contributed by atoms with Crippen LogP contribution < -0.4 is 5.32 Å². The van der Waals surface area contributed by atoms with E-state index in [2.05, 4.69) is 5.32 Å². The normalized spacial score (nSPS) is 16.3. The van der Waals surface area contributed by atoms with Gasteiger partial charge in [-0.2, -0.15) is 0 Å². The van der Waals surface area contributed by atoms with Gasteiger partial charge in [0.2, 0.25) is 5.91 Å². The highest BCUT2D eigenvalue weighted by Gasteiger charge is 2.38. The van der Waals surface area contributed by atoms with Crippen LogP contribution in [0.5, 0.6) is 0 Å². The number of rotatable bonds is 3. The molecule has 1 rings (SSSR count). The Labute approximate surface area is 121 Å². The Balaban J connectivity index is 0.00000361. The van der Waals surface area contributed by atoms with Crippen LogP contribution in [0, 0.1) is 5.41 Å². The summed E-state index contributed by atoms with van der Waals surface area (Å²) in [7, 11) is 1.56. The van der Waals surface area contributed by atoms with E-state index in [0.717, 1.165) is 0 Å². The summed E-state index contributed by atoms with van der Waals surface area (Å²) in [6.45, 7) is 8.64. The van der Waals surface area contributed by atoms with Gasteiger partial charge in [0.15, 0.2) is 11.6 Å². The predicted octanol–water partition coefficient (Wildman–Crippen LogP) is 2.59. The van der Waals surface area contributed by atoms with E-state index in [1.807, 2.05) is 13.8 Å². The van der Waals surface area contributed by atoms with Gasteiger partial charge in [0, 0.05) is 41.2 Å². The largest absolute Gasteiger partial charge is 0.359 e. The summed E-state index contributed by atoms with van der Waals surface area (Å²) in [5.74, 6) is -0.366. The highest BCUT2D eigenvalue weighted by molar-refractivity contribution is 6.25. The lowest BCUT2D eigenvalue weighted by Gasteiger charge is -2.31. The molecule has 112 valence electrons.